The lowest BCUT2D eigenvalue weighted by atomic mass is 9.89. The van der Waals surface area contributed by atoms with Crippen LogP contribution in [-0.4, -0.2) is 42.8 Å². The van der Waals surface area contributed by atoms with E-state index in [1.807, 2.05) is 42.5 Å². The number of para-hydroxylation sites is 2. The highest BCUT2D eigenvalue weighted by Crippen LogP contribution is 2.34. The van der Waals surface area contributed by atoms with Crippen molar-refractivity contribution >= 4 is 10.9 Å². The van der Waals surface area contributed by atoms with E-state index in [4.69, 9.17) is 9.47 Å². The van der Waals surface area contributed by atoms with E-state index in [1.54, 1.807) is 7.11 Å². The van der Waals surface area contributed by atoms with Gasteiger partial charge in [-0.15, -0.1) is 0 Å². The Morgan fingerprint density at radius 1 is 0.818 bits per heavy atom. The summed E-state index contributed by atoms with van der Waals surface area (Å²) in [6.07, 6.45) is 4.79. The first-order chi connectivity index (χ1) is 16.3. The Morgan fingerprint density at radius 2 is 1.55 bits per heavy atom. The number of likely N-dealkylation sites (tertiary alicyclic amines) is 1. The third-order valence-corrected chi connectivity index (χ3v) is 6.78. The number of piperidine rings is 1. The van der Waals surface area contributed by atoms with Crippen LogP contribution in [0.3, 0.4) is 0 Å². The van der Waals surface area contributed by atoms with Crippen LogP contribution in [0.25, 0.3) is 10.9 Å². The molecule has 0 N–H and O–H groups in total. The number of benzene rings is 3. The molecular weight excluding hydrogens is 408 g/mol. The van der Waals surface area contributed by atoms with Gasteiger partial charge in [0, 0.05) is 30.2 Å². The Balaban J connectivity index is 1.23. The van der Waals surface area contributed by atoms with Crippen molar-refractivity contribution in [2.75, 3.05) is 33.4 Å². The normalized spacial score (nSPS) is 15.1. The maximum Gasteiger partial charge on any atom is 0.119 e. The van der Waals surface area contributed by atoms with Crippen LogP contribution in [0.5, 0.6) is 11.5 Å². The first kappa shape index (κ1) is 21.6. The third kappa shape index (κ3) is 5.07. The van der Waals surface area contributed by atoms with Crippen molar-refractivity contribution in [2.24, 2.45) is 0 Å². The molecule has 0 unspecified atom stereocenters. The van der Waals surface area contributed by atoms with Crippen molar-refractivity contribution in [1.82, 2.24) is 9.47 Å². The fourth-order valence-corrected chi connectivity index (χ4v) is 4.94. The quantitative estimate of drug-likeness (QED) is 0.338. The van der Waals surface area contributed by atoms with Crippen molar-refractivity contribution in [1.29, 1.82) is 0 Å². The zero-order valence-electron chi connectivity index (χ0n) is 19.3. The Hall–Kier alpha value is -3.24. The molecule has 0 radical (unpaired) electrons. The summed E-state index contributed by atoms with van der Waals surface area (Å²) >= 11 is 0. The van der Waals surface area contributed by atoms with Crippen molar-refractivity contribution < 1.29 is 9.47 Å². The SMILES string of the molecule is COc1ccc(Cn2cc(C3CCN(CCOc4ccccc4)CC3)c3ccccc32)cc1. The zero-order chi connectivity index (χ0) is 22.5. The van der Waals surface area contributed by atoms with Crippen molar-refractivity contribution in [2.45, 2.75) is 25.3 Å². The van der Waals surface area contributed by atoms with Gasteiger partial charge >= 0.3 is 0 Å². The number of hydrogen-bond donors (Lipinski definition) is 0. The minimum absolute atomic E-state index is 0.610. The van der Waals surface area contributed by atoms with Crippen LogP contribution in [0.4, 0.5) is 0 Å². The van der Waals surface area contributed by atoms with E-state index in [0.29, 0.717) is 5.92 Å². The smallest absolute Gasteiger partial charge is 0.119 e. The number of methoxy groups -OCH3 is 1. The third-order valence-electron chi connectivity index (χ3n) is 6.78. The van der Waals surface area contributed by atoms with Gasteiger partial charge in [0.05, 0.1) is 7.11 Å². The van der Waals surface area contributed by atoms with Crippen LogP contribution in [0.2, 0.25) is 0 Å². The first-order valence-electron chi connectivity index (χ1n) is 11.9. The second-order valence-corrected chi connectivity index (χ2v) is 8.85. The molecule has 170 valence electrons. The fraction of sp³-hybridized carbons (Fsp3) is 0.310. The van der Waals surface area contributed by atoms with E-state index in [0.717, 1.165) is 44.3 Å². The maximum absolute atomic E-state index is 5.90. The number of hydrogen-bond acceptors (Lipinski definition) is 3. The Morgan fingerprint density at radius 3 is 2.30 bits per heavy atom. The van der Waals surface area contributed by atoms with Gasteiger partial charge in [-0.2, -0.15) is 0 Å². The van der Waals surface area contributed by atoms with E-state index in [2.05, 4.69) is 52.1 Å². The van der Waals surface area contributed by atoms with Gasteiger partial charge in [-0.3, -0.25) is 4.90 Å². The molecule has 33 heavy (non-hydrogen) atoms. The highest BCUT2D eigenvalue weighted by atomic mass is 16.5. The van der Waals surface area contributed by atoms with Crippen molar-refractivity contribution in [3.05, 3.63) is 96.2 Å². The molecule has 1 aromatic heterocycles. The van der Waals surface area contributed by atoms with Gasteiger partial charge in [0.15, 0.2) is 0 Å². The van der Waals surface area contributed by atoms with E-state index in [9.17, 15) is 0 Å². The van der Waals surface area contributed by atoms with Gasteiger partial charge in [0.2, 0.25) is 0 Å². The summed E-state index contributed by atoms with van der Waals surface area (Å²) in [5.74, 6) is 2.47. The molecule has 5 rings (SSSR count). The summed E-state index contributed by atoms with van der Waals surface area (Å²) in [6.45, 7) is 4.86. The molecule has 0 bridgehead atoms. The second-order valence-electron chi connectivity index (χ2n) is 8.85. The minimum atomic E-state index is 0.610. The monoisotopic (exact) mass is 440 g/mol. The molecule has 0 atom stereocenters. The van der Waals surface area contributed by atoms with E-state index in [1.165, 1.54) is 34.9 Å². The van der Waals surface area contributed by atoms with Gasteiger partial charge in [-0.1, -0.05) is 48.5 Å². The number of ether oxygens (including phenoxy) is 2. The predicted octanol–water partition coefficient (Wildman–Crippen LogP) is 5.96. The first-order valence-corrected chi connectivity index (χ1v) is 11.9. The van der Waals surface area contributed by atoms with Crippen LogP contribution in [0, 0.1) is 0 Å². The summed E-state index contributed by atoms with van der Waals surface area (Å²) in [5, 5.41) is 1.40. The lowest BCUT2D eigenvalue weighted by molar-refractivity contribution is 0.173. The van der Waals surface area contributed by atoms with Crippen LogP contribution in [0.1, 0.15) is 29.9 Å². The molecule has 1 aliphatic rings. The van der Waals surface area contributed by atoms with Gasteiger partial charge in [0.1, 0.15) is 18.1 Å². The predicted molar refractivity (Wildman–Crippen MR) is 134 cm³/mol. The Labute approximate surface area is 196 Å². The number of nitrogens with zero attached hydrogens (tertiary/aromatic N) is 2. The van der Waals surface area contributed by atoms with Gasteiger partial charge in [-0.05, 0) is 73.3 Å². The number of fused-ring (bicyclic) bond motifs is 1. The highest BCUT2D eigenvalue weighted by Gasteiger charge is 2.23. The molecule has 1 fully saturated rings. The maximum atomic E-state index is 5.90. The van der Waals surface area contributed by atoms with E-state index in [-0.39, 0.29) is 0 Å². The number of aromatic nitrogens is 1. The van der Waals surface area contributed by atoms with Crippen molar-refractivity contribution in [3.63, 3.8) is 0 Å². The van der Waals surface area contributed by atoms with Gasteiger partial charge < -0.3 is 14.0 Å². The van der Waals surface area contributed by atoms with Gasteiger partial charge in [0.25, 0.3) is 0 Å². The minimum Gasteiger partial charge on any atom is -0.497 e. The van der Waals surface area contributed by atoms with Crippen molar-refractivity contribution in [3.8, 4) is 11.5 Å². The second kappa shape index (κ2) is 10.1. The molecule has 1 aliphatic heterocycles. The van der Waals surface area contributed by atoms with E-state index < -0.39 is 0 Å². The number of rotatable bonds is 8. The Bertz CT molecular complexity index is 1160. The lowest BCUT2D eigenvalue weighted by Gasteiger charge is -2.31. The lowest BCUT2D eigenvalue weighted by Crippen LogP contribution is -2.35. The molecule has 4 heteroatoms. The fourth-order valence-electron chi connectivity index (χ4n) is 4.94. The summed E-state index contributed by atoms with van der Waals surface area (Å²) in [5.41, 5.74) is 4.11. The van der Waals surface area contributed by atoms with Crippen LogP contribution in [0.15, 0.2) is 85.1 Å². The standard InChI is InChI=1S/C29H32N2O2/c1-32-25-13-11-23(12-14-25)21-31-22-28(27-9-5-6-10-29(27)31)24-15-17-30(18-16-24)19-20-33-26-7-3-2-4-8-26/h2-14,22,24H,15-21H2,1H3. The van der Waals surface area contributed by atoms with E-state index >= 15 is 0 Å². The van der Waals surface area contributed by atoms with Crippen LogP contribution >= 0.6 is 0 Å². The summed E-state index contributed by atoms with van der Waals surface area (Å²) in [6, 6.07) is 27.3. The molecule has 4 aromatic rings. The van der Waals surface area contributed by atoms with Gasteiger partial charge in [-0.25, -0.2) is 0 Å². The topological polar surface area (TPSA) is 26.6 Å². The molecule has 1 saturated heterocycles. The molecule has 0 amide bonds. The molecule has 0 spiro atoms. The molecular formula is C29H32N2O2. The molecule has 0 aliphatic carbocycles. The largest absolute Gasteiger partial charge is 0.497 e. The molecule has 2 heterocycles. The summed E-state index contributed by atoms with van der Waals surface area (Å²) < 4.78 is 13.6. The molecule has 3 aromatic carbocycles. The summed E-state index contributed by atoms with van der Waals surface area (Å²) in [4.78, 5) is 2.54. The Kier molecular flexibility index (Phi) is 6.63. The average Bonchev–Trinajstić information content (AvgIpc) is 3.24. The zero-order valence-corrected chi connectivity index (χ0v) is 19.3. The van der Waals surface area contributed by atoms with Crippen LogP contribution in [-0.2, 0) is 6.54 Å². The molecule has 0 saturated carbocycles. The highest BCUT2D eigenvalue weighted by molar-refractivity contribution is 5.84. The summed E-state index contributed by atoms with van der Waals surface area (Å²) in [7, 11) is 1.71. The molecule has 4 nitrogen and oxygen atoms in total. The van der Waals surface area contributed by atoms with Crippen LogP contribution < -0.4 is 9.47 Å². The average molecular weight is 441 g/mol.